The fourth-order valence-corrected chi connectivity index (χ4v) is 2.55. The van der Waals surface area contributed by atoms with Crippen molar-refractivity contribution in [3.05, 3.63) is 71.8 Å². The van der Waals surface area contributed by atoms with Gasteiger partial charge in [0, 0.05) is 12.3 Å². The van der Waals surface area contributed by atoms with Gasteiger partial charge in [0.2, 0.25) is 0 Å². The zero-order valence-electron chi connectivity index (χ0n) is 13.0. The Morgan fingerprint density at radius 2 is 1.54 bits per heavy atom. The molecular formula is C18H19NO4S. The molecule has 0 aromatic heterocycles. The van der Waals surface area contributed by atoms with Gasteiger partial charge in [-0.05, 0) is 11.1 Å². The Balaban J connectivity index is 2.11. The number of thiol groups is 1. The van der Waals surface area contributed by atoms with Gasteiger partial charge in [-0.2, -0.15) is 12.6 Å². The summed E-state index contributed by atoms with van der Waals surface area (Å²) in [5.74, 6) is -1.11. The maximum Gasteiger partial charge on any atom is 0.411 e. The number of hydrogen-bond donors (Lipinski definition) is 2. The lowest BCUT2D eigenvalue weighted by Crippen LogP contribution is -2.46. The first-order chi connectivity index (χ1) is 11.6. The van der Waals surface area contributed by atoms with Crippen LogP contribution in [-0.4, -0.2) is 33.9 Å². The molecule has 2 aromatic rings. The van der Waals surface area contributed by atoms with Crippen LogP contribution in [0.1, 0.15) is 11.1 Å². The third kappa shape index (κ3) is 5.03. The summed E-state index contributed by atoms with van der Waals surface area (Å²) in [6.07, 6.45) is -0.677. The molecule has 0 fully saturated rings. The van der Waals surface area contributed by atoms with E-state index in [1.165, 1.54) is 4.90 Å². The molecule has 0 aliphatic heterocycles. The smallest absolute Gasteiger partial charge is 0.411 e. The molecular weight excluding hydrogens is 326 g/mol. The van der Waals surface area contributed by atoms with Crippen molar-refractivity contribution in [3.63, 3.8) is 0 Å². The Hall–Kier alpha value is -2.47. The molecule has 1 unspecified atom stereocenters. The largest absolute Gasteiger partial charge is 0.480 e. The van der Waals surface area contributed by atoms with E-state index in [2.05, 4.69) is 12.6 Å². The third-order valence-corrected chi connectivity index (χ3v) is 3.82. The molecule has 0 saturated carbocycles. The quantitative estimate of drug-likeness (QED) is 0.756. The lowest BCUT2D eigenvalue weighted by atomic mass is 10.2. The fraction of sp³-hybridized carbons (Fsp3) is 0.222. The van der Waals surface area contributed by atoms with E-state index in [0.29, 0.717) is 0 Å². The van der Waals surface area contributed by atoms with Gasteiger partial charge in [-0.25, -0.2) is 9.59 Å². The summed E-state index contributed by atoms with van der Waals surface area (Å²) >= 11 is 4.06. The number of benzene rings is 2. The van der Waals surface area contributed by atoms with Crippen LogP contribution < -0.4 is 0 Å². The predicted molar refractivity (Wildman–Crippen MR) is 93.9 cm³/mol. The molecule has 6 heteroatoms. The van der Waals surface area contributed by atoms with E-state index >= 15 is 0 Å². The average molecular weight is 345 g/mol. The van der Waals surface area contributed by atoms with Gasteiger partial charge in [-0.3, -0.25) is 4.90 Å². The van der Waals surface area contributed by atoms with Crippen molar-refractivity contribution < 1.29 is 19.4 Å². The lowest BCUT2D eigenvalue weighted by Gasteiger charge is -2.27. The van der Waals surface area contributed by atoms with E-state index in [-0.39, 0.29) is 18.9 Å². The highest BCUT2D eigenvalue weighted by atomic mass is 32.1. The average Bonchev–Trinajstić information content (AvgIpc) is 2.61. The number of carbonyl (C=O) groups excluding carboxylic acids is 1. The number of nitrogens with zero attached hydrogens (tertiary/aromatic N) is 1. The van der Waals surface area contributed by atoms with Crippen LogP contribution in [0.4, 0.5) is 4.79 Å². The molecule has 0 aliphatic rings. The fourth-order valence-electron chi connectivity index (χ4n) is 2.19. The number of aliphatic carboxylic acids is 1. The van der Waals surface area contributed by atoms with E-state index in [1.807, 2.05) is 60.7 Å². The first kappa shape index (κ1) is 17.9. The predicted octanol–water partition coefficient (Wildman–Crippen LogP) is 3.21. The number of carbonyl (C=O) groups is 2. The van der Waals surface area contributed by atoms with Crippen LogP contribution >= 0.6 is 12.6 Å². The van der Waals surface area contributed by atoms with E-state index in [1.54, 1.807) is 0 Å². The van der Waals surface area contributed by atoms with E-state index in [0.717, 1.165) is 11.1 Å². The molecule has 2 rings (SSSR count). The van der Waals surface area contributed by atoms with Crippen molar-refractivity contribution in [3.8, 4) is 0 Å². The van der Waals surface area contributed by atoms with Gasteiger partial charge in [0.15, 0.2) is 0 Å². The normalized spacial score (nSPS) is 11.5. The summed E-state index contributed by atoms with van der Waals surface area (Å²) < 4.78 is 5.29. The molecule has 1 atom stereocenters. The number of rotatable bonds is 7. The molecule has 0 bridgehead atoms. The maximum atomic E-state index is 12.4. The van der Waals surface area contributed by atoms with Crippen molar-refractivity contribution >= 4 is 24.7 Å². The lowest BCUT2D eigenvalue weighted by molar-refractivity contribution is -0.142. The molecule has 0 radical (unpaired) electrons. The SMILES string of the molecule is O=C(O)C(CS)N(Cc1ccccc1)C(=O)OCc1ccccc1. The summed E-state index contributed by atoms with van der Waals surface area (Å²) in [6.45, 7) is 0.232. The Labute approximate surface area is 146 Å². The molecule has 0 spiro atoms. The molecule has 126 valence electrons. The molecule has 1 N–H and O–H groups in total. The van der Waals surface area contributed by atoms with Crippen LogP contribution in [0.3, 0.4) is 0 Å². The van der Waals surface area contributed by atoms with Gasteiger partial charge in [-0.1, -0.05) is 60.7 Å². The Kier molecular flexibility index (Phi) is 6.69. The minimum absolute atomic E-state index is 0.00258. The Morgan fingerprint density at radius 3 is 2.04 bits per heavy atom. The molecule has 5 nitrogen and oxygen atoms in total. The van der Waals surface area contributed by atoms with E-state index in [4.69, 9.17) is 4.74 Å². The van der Waals surface area contributed by atoms with Crippen LogP contribution in [0.5, 0.6) is 0 Å². The second-order valence-electron chi connectivity index (χ2n) is 5.19. The van der Waals surface area contributed by atoms with Crippen molar-refractivity contribution in [2.24, 2.45) is 0 Å². The van der Waals surface area contributed by atoms with Gasteiger partial charge < -0.3 is 9.84 Å². The standard InChI is InChI=1S/C18H19NO4S/c20-17(21)16(13-24)19(11-14-7-3-1-4-8-14)18(22)23-12-15-9-5-2-6-10-15/h1-10,16,24H,11-13H2,(H,20,21). The van der Waals surface area contributed by atoms with Crippen LogP contribution in [0, 0.1) is 0 Å². The second-order valence-corrected chi connectivity index (χ2v) is 5.56. The van der Waals surface area contributed by atoms with Crippen LogP contribution in [0.2, 0.25) is 0 Å². The molecule has 1 amide bonds. The summed E-state index contributed by atoms with van der Waals surface area (Å²) in [5, 5.41) is 9.36. The van der Waals surface area contributed by atoms with E-state index < -0.39 is 18.1 Å². The number of ether oxygens (including phenoxy) is 1. The zero-order valence-corrected chi connectivity index (χ0v) is 13.9. The van der Waals surface area contributed by atoms with Crippen LogP contribution in [0.15, 0.2) is 60.7 Å². The number of carboxylic acid groups (broad SMARTS) is 1. The van der Waals surface area contributed by atoms with Crippen molar-refractivity contribution in [2.45, 2.75) is 19.2 Å². The van der Waals surface area contributed by atoms with Gasteiger partial charge in [0.25, 0.3) is 0 Å². The Morgan fingerprint density at radius 1 is 1.00 bits per heavy atom. The minimum Gasteiger partial charge on any atom is -0.480 e. The van der Waals surface area contributed by atoms with Crippen molar-refractivity contribution in [1.29, 1.82) is 0 Å². The minimum atomic E-state index is -1.11. The highest BCUT2D eigenvalue weighted by Gasteiger charge is 2.29. The van der Waals surface area contributed by atoms with Gasteiger partial charge >= 0.3 is 12.1 Å². The first-order valence-corrected chi connectivity index (χ1v) is 8.10. The van der Waals surface area contributed by atoms with Crippen molar-refractivity contribution in [2.75, 3.05) is 5.75 Å². The highest BCUT2D eigenvalue weighted by Crippen LogP contribution is 2.13. The number of carboxylic acids is 1. The summed E-state index contributed by atoms with van der Waals surface area (Å²) in [4.78, 5) is 25.1. The maximum absolute atomic E-state index is 12.4. The topological polar surface area (TPSA) is 66.8 Å². The zero-order chi connectivity index (χ0) is 17.4. The van der Waals surface area contributed by atoms with Crippen LogP contribution in [0.25, 0.3) is 0 Å². The third-order valence-electron chi connectivity index (χ3n) is 3.47. The molecule has 0 aliphatic carbocycles. The Bertz CT molecular complexity index is 663. The number of hydrogen-bond acceptors (Lipinski definition) is 4. The van der Waals surface area contributed by atoms with Crippen LogP contribution in [-0.2, 0) is 22.7 Å². The van der Waals surface area contributed by atoms with Gasteiger partial charge in [-0.15, -0.1) is 0 Å². The molecule has 2 aromatic carbocycles. The number of amides is 1. The highest BCUT2D eigenvalue weighted by molar-refractivity contribution is 7.80. The summed E-state index contributed by atoms with van der Waals surface area (Å²) in [6, 6.07) is 17.4. The second kappa shape index (κ2) is 8.98. The van der Waals surface area contributed by atoms with Gasteiger partial charge in [0.1, 0.15) is 12.6 Å². The first-order valence-electron chi connectivity index (χ1n) is 7.46. The molecule has 24 heavy (non-hydrogen) atoms. The van der Waals surface area contributed by atoms with Crippen molar-refractivity contribution in [1.82, 2.24) is 4.90 Å². The monoisotopic (exact) mass is 345 g/mol. The summed E-state index contributed by atoms with van der Waals surface area (Å²) in [7, 11) is 0. The summed E-state index contributed by atoms with van der Waals surface area (Å²) in [5.41, 5.74) is 1.66. The molecule has 0 heterocycles. The van der Waals surface area contributed by atoms with E-state index in [9.17, 15) is 14.7 Å². The molecule has 0 saturated heterocycles. The van der Waals surface area contributed by atoms with Gasteiger partial charge in [0.05, 0.1) is 0 Å².